The third-order valence-corrected chi connectivity index (χ3v) is 4.66. The lowest BCUT2D eigenvalue weighted by Gasteiger charge is -2.03. The zero-order chi connectivity index (χ0) is 24.4. The first-order valence-electron chi connectivity index (χ1n) is 9.55. The topological polar surface area (TPSA) is 219 Å². The maximum Gasteiger partial charge on any atom is 0.434 e. The highest BCUT2D eigenvalue weighted by atomic mass is 16.4. The molecule has 17 nitrogen and oxygen atoms in total. The van der Waals surface area contributed by atoms with Crippen LogP contribution in [-0.4, -0.2) is 54.3 Å². The van der Waals surface area contributed by atoms with Crippen LogP contribution in [0.15, 0.2) is 44.1 Å². The molecule has 0 radical (unpaired) electrons. The number of nitrogens with two attached hydrogens (primary N) is 1. The van der Waals surface area contributed by atoms with E-state index < -0.39 is 11.7 Å². The van der Waals surface area contributed by atoms with Gasteiger partial charge in [0.2, 0.25) is 5.89 Å². The molecule has 0 aliphatic heterocycles. The molecule has 5 rings (SSSR count). The van der Waals surface area contributed by atoms with Crippen molar-refractivity contribution in [2.75, 3.05) is 0 Å². The highest BCUT2D eigenvalue weighted by molar-refractivity contribution is 5.75. The van der Waals surface area contributed by atoms with Crippen LogP contribution < -0.4 is 28.1 Å². The quantitative estimate of drug-likeness (QED) is 0.136. The monoisotopic (exact) mass is 470 g/mol. The summed E-state index contributed by atoms with van der Waals surface area (Å²) in [5.74, 6) is 3.93. The average molecular weight is 470 g/mol. The molecule has 0 unspecified atom stereocenters. The second-order valence-electron chi connectivity index (χ2n) is 6.99. The number of fused-ring (bicyclic) bond motifs is 2. The summed E-state index contributed by atoms with van der Waals surface area (Å²) in [5.41, 5.74) is 2.82. The minimum atomic E-state index is -0.660. The van der Waals surface area contributed by atoms with Gasteiger partial charge in [-0.1, -0.05) is 0 Å². The van der Waals surface area contributed by atoms with Crippen LogP contribution in [0.5, 0.6) is 0 Å². The Labute approximate surface area is 187 Å². The highest BCUT2D eigenvalue weighted by Gasteiger charge is 2.12. The van der Waals surface area contributed by atoms with Gasteiger partial charge in [0.1, 0.15) is 25.7 Å². The summed E-state index contributed by atoms with van der Waals surface area (Å²) < 4.78 is 10.3. The number of carbonyl (C=O) groups is 1. The first kappa shape index (κ1) is 22.3. The van der Waals surface area contributed by atoms with Gasteiger partial charge >= 0.3 is 5.76 Å². The molecule has 0 saturated heterocycles. The summed E-state index contributed by atoms with van der Waals surface area (Å²) in [7, 11) is 3.39. The Hall–Kier alpha value is -4.93. The molecule has 0 aliphatic carbocycles. The molecule has 176 valence electrons. The Morgan fingerprint density at radius 3 is 2.00 bits per heavy atom. The highest BCUT2D eigenvalue weighted by Crippen LogP contribution is 2.03. The Morgan fingerprint density at radius 1 is 0.941 bits per heavy atom. The van der Waals surface area contributed by atoms with Gasteiger partial charge in [-0.3, -0.25) is 28.9 Å². The SMILES string of the molecule is Cn1cnc2ncn(CC(=O)NN)c(=O)c21.Cn1cnc2ncn(Cc3n[nH]c(=O)o3)c(=O)c21. The predicted molar refractivity (Wildman–Crippen MR) is 114 cm³/mol. The third kappa shape index (κ3) is 4.21. The van der Waals surface area contributed by atoms with E-state index in [1.54, 1.807) is 23.2 Å². The van der Waals surface area contributed by atoms with E-state index >= 15 is 0 Å². The van der Waals surface area contributed by atoms with E-state index in [-0.39, 0.29) is 30.1 Å². The third-order valence-electron chi connectivity index (χ3n) is 4.66. The van der Waals surface area contributed by atoms with Gasteiger partial charge in [0.15, 0.2) is 22.3 Å². The van der Waals surface area contributed by atoms with E-state index in [4.69, 9.17) is 10.3 Å². The van der Waals surface area contributed by atoms with Gasteiger partial charge < -0.3 is 13.6 Å². The number of amides is 1. The normalized spacial score (nSPS) is 10.9. The summed E-state index contributed by atoms with van der Waals surface area (Å²) in [4.78, 5) is 61.8. The van der Waals surface area contributed by atoms with Crippen LogP contribution in [0.3, 0.4) is 0 Å². The summed E-state index contributed by atoms with van der Waals surface area (Å²) >= 11 is 0. The molecule has 0 atom stereocenters. The predicted octanol–water partition coefficient (Wildman–Crippen LogP) is -3.03. The zero-order valence-corrected chi connectivity index (χ0v) is 17.9. The molecule has 1 amide bonds. The lowest BCUT2D eigenvalue weighted by molar-refractivity contribution is -0.121. The number of aryl methyl sites for hydroxylation is 2. The summed E-state index contributed by atoms with van der Waals surface area (Å²) in [6.07, 6.45) is 5.61. The number of aromatic amines is 1. The van der Waals surface area contributed by atoms with Crippen LogP contribution in [0.1, 0.15) is 5.89 Å². The van der Waals surface area contributed by atoms with Gasteiger partial charge in [0.25, 0.3) is 17.0 Å². The van der Waals surface area contributed by atoms with Crippen LogP contribution >= 0.6 is 0 Å². The van der Waals surface area contributed by atoms with Crippen molar-refractivity contribution in [3.05, 3.63) is 62.5 Å². The molecule has 17 heteroatoms. The average Bonchev–Trinajstić information content (AvgIpc) is 3.52. The van der Waals surface area contributed by atoms with Crippen molar-refractivity contribution in [3.63, 3.8) is 0 Å². The number of H-pyrrole nitrogens is 1. The van der Waals surface area contributed by atoms with Gasteiger partial charge in [-0.15, -0.1) is 5.10 Å². The Bertz CT molecular complexity index is 1670. The van der Waals surface area contributed by atoms with Gasteiger partial charge in [0.05, 0.1) is 12.7 Å². The molecule has 0 aromatic carbocycles. The van der Waals surface area contributed by atoms with Crippen LogP contribution in [-0.2, 0) is 32.0 Å². The summed E-state index contributed by atoms with van der Waals surface area (Å²) in [5, 5.41) is 5.75. The van der Waals surface area contributed by atoms with E-state index in [1.165, 1.54) is 34.4 Å². The summed E-state index contributed by atoms with van der Waals surface area (Å²) in [6, 6.07) is 0. The molecule has 0 spiro atoms. The second kappa shape index (κ2) is 8.90. The molecule has 4 N–H and O–H groups in total. The first-order chi connectivity index (χ1) is 16.3. The molecule has 5 heterocycles. The number of hydrogen-bond acceptors (Lipinski definition) is 11. The molecular formula is C17H18N12O5. The minimum absolute atomic E-state index is 0.0334. The van der Waals surface area contributed by atoms with Gasteiger partial charge in [-0.25, -0.2) is 35.7 Å². The van der Waals surface area contributed by atoms with Crippen molar-refractivity contribution >= 4 is 28.2 Å². The number of imidazole rings is 2. The van der Waals surface area contributed by atoms with Crippen LogP contribution in [0.4, 0.5) is 0 Å². The van der Waals surface area contributed by atoms with Gasteiger partial charge in [-0.2, -0.15) is 0 Å². The molecule has 5 aromatic heterocycles. The van der Waals surface area contributed by atoms with Gasteiger partial charge in [0, 0.05) is 14.1 Å². The smallest absolute Gasteiger partial charge is 0.390 e. The number of nitrogens with one attached hydrogen (secondary N) is 2. The van der Waals surface area contributed by atoms with E-state index in [2.05, 4.69) is 30.1 Å². The maximum atomic E-state index is 12.1. The summed E-state index contributed by atoms with van der Waals surface area (Å²) in [6.45, 7) is -0.130. The van der Waals surface area contributed by atoms with Crippen molar-refractivity contribution in [3.8, 4) is 0 Å². The molecule has 34 heavy (non-hydrogen) atoms. The lowest BCUT2D eigenvalue weighted by atomic mass is 10.5. The maximum absolute atomic E-state index is 12.1. The number of hydrogen-bond donors (Lipinski definition) is 3. The molecule has 0 aliphatic rings. The number of hydrazine groups is 1. The fraction of sp³-hybridized carbons (Fsp3) is 0.235. The minimum Gasteiger partial charge on any atom is -0.390 e. The van der Waals surface area contributed by atoms with Crippen molar-refractivity contribution < 1.29 is 9.21 Å². The number of aromatic nitrogens is 10. The van der Waals surface area contributed by atoms with E-state index in [9.17, 15) is 19.2 Å². The number of nitrogens with zero attached hydrogens (tertiary/aromatic N) is 9. The molecule has 0 bridgehead atoms. The number of carbonyl (C=O) groups excluding carboxylic acids is 1. The van der Waals surface area contributed by atoms with Crippen molar-refractivity contribution in [2.24, 2.45) is 19.9 Å². The van der Waals surface area contributed by atoms with Gasteiger partial charge in [-0.05, 0) is 0 Å². The van der Waals surface area contributed by atoms with E-state index in [1.807, 2.05) is 5.43 Å². The fourth-order valence-corrected chi connectivity index (χ4v) is 3.04. The van der Waals surface area contributed by atoms with Crippen LogP contribution in [0.25, 0.3) is 22.3 Å². The van der Waals surface area contributed by atoms with E-state index in [0.717, 1.165) is 0 Å². The second-order valence-corrected chi connectivity index (χ2v) is 6.99. The molecule has 0 saturated carbocycles. The molecule has 5 aromatic rings. The molecular weight excluding hydrogens is 452 g/mol. The van der Waals surface area contributed by atoms with Crippen molar-refractivity contribution in [1.29, 1.82) is 0 Å². The lowest BCUT2D eigenvalue weighted by Crippen LogP contribution is -2.36. The van der Waals surface area contributed by atoms with Crippen molar-refractivity contribution in [2.45, 2.75) is 13.1 Å². The van der Waals surface area contributed by atoms with Crippen LogP contribution in [0.2, 0.25) is 0 Å². The van der Waals surface area contributed by atoms with Crippen molar-refractivity contribution in [1.82, 2.24) is 53.8 Å². The van der Waals surface area contributed by atoms with E-state index in [0.29, 0.717) is 22.3 Å². The largest absolute Gasteiger partial charge is 0.434 e. The Morgan fingerprint density at radius 2 is 1.47 bits per heavy atom. The Balaban J connectivity index is 0.000000162. The fourth-order valence-electron chi connectivity index (χ4n) is 3.04. The zero-order valence-electron chi connectivity index (χ0n) is 17.9. The standard InChI is InChI=1S/C9H8N6O3.C8H10N6O2/c1-14-3-10-7-6(14)8(16)15(4-11-7)2-5-12-13-9(17)18-5;1-13-3-10-7-6(13)8(16)14(4-11-7)2-5(15)12-9/h3-4H,2H2,1H3,(H,13,17);3-4H,2,9H2,1H3,(H,12,15). The molecule has 0 fully saturated rings. The first-order valence-corrected chi connectivity index (χ1v) is 9.55. The Kier molecular flexibility index (Phi) is 5.83. The van der Waals surface area contributed by atoms with Crippen LogP contribution in [0, 0.1) is 0 Å². The number of rotatable bonds is 4.